The van der Waals surface area contributed by atoms with E-state index >= 15 is 0 Å². The van der Waals surface area contributed by atoms with Crippen LogP contribution in [0.1, 0.15) is 17.5 Å². The maximum Gasteiger partial charge on any atom is 0.243 e. The third-order valence-electron chi connectivity index (χ3n) is 4.24. The Morgan fingerprint density at radius 1 is 1.07 bits per heavy atom. The number of hydrogen-bond donors (Lipinski definition) is 1. The predicted molar refractivity (Wildman–Crippen MR) is 111 cm³/mol. The molecular formula is C21H26N2O3S. The first-order valence-electron chi connectivity index (χ1n) is 8.77. The van der Waals surface area contributed by atoms with Crippen molar-refractivity contribution in [3.8, 4) is 5.75 Å². The minimum absolute atomic E-state index is 0.0270. The molecule has 0 aliphatic carbocycles. The standard InChI is InChI=1S/C21H26N2O3S/c1-15-5-10-19(13-16(15)2)27-12-11-21(25)23(3)14-20(24)22-17-6-8-18(26-4)9-7-17/h5-10,13H,11-12,14H2,1-4H3,(H,22,24). The van der Waals surface area contributed by atoms with Crippen LogP contribution in [-0.2, 0) is 9.59 Å². The van der Waals surface area contributed by atoms with Gasteiger partial charge in [0, 0.05) is 29.8 Å². The molecule has 2 amide bonds. The maximum absolute atomic E-state index is 12.2. The average molecular weight is 387 g/mol. The number of amides is 2. The average Bonchev–Trinajstić information content (AvgIpc) is 2.65. The van der Waals surface area contributed by atoms with Gasteiger partial charge < -0.3 is 15.0 Å². The van der Waals surface area contributed by atoms with E-state index < -0.39 is 0 Å². The van der Waals surface area contributed by atoms with Crippen LogP contribution in [0.2, 0.25) is 0 Å². The molecule has 0 saturated carbocycles. The molecule has 5 nitrogen and oxygen atoms in total. The van der Waals surface area contributed by atoms with Crippen molar-refractivity contribution in [2.24, 2.45) is 0 Å². The van der Waals surface area contributed by atoms with Crippen molar-refractivity contribution in [2.45, 2.75) is 25.2 Å². The van der Waals surface area contributed by atoms with Gasteiger partial charge in [-0.25, -0.2) is 0 Å². The van der Waals surface area contributed by atoms with Crippen molar-refractivity contribution in [2.75, 3.05) is 31.8 Å². The number of hydrogen-bond acceptors (Lipinski definition) is 4. The number of carbonyl (C=O) groups is 2. The van der Waals surface area contributed by atoms with Gasteiger partial charge >= 0.3 is 0 Å². The van der Waals surface area contributed by atoms with E-state index in [1.54, 1.807) is 50.2 Å². The Labute approximate surface area is 165 Å². The van der Waals surface area contributed by atoms with Crippen molar-refractivity contribution >= 4 is 29.3 Å². The van der Waals surface area contributed by atoms with Crippen LogP contribution < -0.4 is 10.1 Å². The Kier molecular flexibility index (Phi) is 7.73. The summed E-state index contributed by atoms with van der Waals surface area (Å²) in [6.45, 7) is 4.19. The fourth-order valence-corrected chi connectivity index (χ4v) is 3.37. The van der Waals surface area contributed by atoms with Gasteiger partial charge in [0.25, 0.3) is 0 Å². The molecule has 0 fully saturated rings. The third kappa shape index (κ3) is 6.64. The molecule has 0 radical (unpaired) electrons. The van der Waals surface area contributed by atoms with Crippen molar-refractivity contribution in [1.29, 1.82) is 0 Å². The topological polar surface area (TPSA) is 58.6 Å². The summed E-state index contributed by atoms with van der Waals surface area (Å²) in [4.78, 5) is 27.0. The number of ether oxygens (including phenoxy) is 1. The zero-order valence-corrected chi connectivity index (χ0v) is 17.1. The fraction of sp³-hybridized carbons (Fsp3) is 0.333. The number of aryl methyl sites for hydroxylation is 2. The van der Waals surface area contributed by atoms with E-state index in [0.29, 0.717) is 17.9 Å². The van der Waals surface area contributed by atoms with Gasteiger partial charge in [-0.2, -0.15) is 0 Å². The molecule has 0 atom stereocenters. The maximum atomic E-state index is 12.2. The molecule has 0 unspecified atom stereocenters. The Balaban J connectivity index is 1.75. The second-order valence-electron chi connectivity index (χ2n) is 6.37. The van der Waals surface area contributed by atoms with Crippen molar-refractivity contribution < 1.29 is 14.3 Å². The lowest BCUT2D eigenvalue weighted by Crippen LogP contribution is -2.35. The van der Waals surface area contributed by atoms with Crippen LogP contribution in [-0.4, -0.2) is 43.2 Å². The van der Waals surface area contributed by atoms with Gasteiger partial charge in [-0.3, -0.25) is 9.59 Å². The summed E-state index contributed by atoms with van der Waals surface area (Å²) in [5.74, 6) is 1.14. The van der Waals surface area contributed by atoms with Crippen molar-refractivity contribution in [3.05, 3.63) is 53.6 Å². The van der Waals surface area contributed by atoms with Crippen LogP contribution in [0.4, 0.5) is 5.69 Å². The SMILES string of the molecule is COc1ccc(NC(=O)CN(C)C(=O)CCSc2ccc(C)c(C)c2)cc1. The van der Waals surface area contributed by atoms with E-state index in [9.17, 15) is 9.59 Å². The van der Waals surface area contributed by atoms with Gasteiger partial charge in [0.1, 0.15) is 5.75 Å². The number of likely N-dealkylation sites (N-methyl/N-ethyl adjacent to an activating group) is 1. The molecule has 0 saturated heterocycles. The molecule has 2 rings (SSSR count). The Hall–Kier alpha value is -2.47. The van der Waals surface area contributed by atoms with Gasteiger partial charge in [-0.1, -0.05) is 6.07 Å². The molecule has 0 aliphatic heterocycles. The Morgan fingerprint density at radius 3 is 2.41 bits per heavy atom. The number of rotatable bonds is 8. The fourth-order valence-electron chi connectivity index (χ4n) is 2.43. The van der Waals surface area contributed by atoms with Crippen molar-refractivity contribution in [3.63, 3.8) is 0 Å². The minimum Gasteiger partial charge on any atom is -0.497 e. The quantitative estimate of drug-likeness (QED) is 0.699. The first-order valence-corrected chi connectivity index (χ1v) is 9.75. The smallest absolute Gasteiger partial charge is 0.243 e. The molecule has 6 heteroatoms. The monoisotopic (exact) mass is 386 g/mol. The van der Waals surface area contributed by atoms with E-state index in [2.05, 4.69) is 37.4 Å². The van der Waals surface area contributed by atoms with Gasteiger partial charge in [0.05, 0.1) is 13.7 Å². The number of nitrogens with zero attached hydrogens (tertiary/aromatic N) is 1. The lowest BCUT2D eigenvalue weighted by molar-refractivity contribution is -0.132. The number of nitrogens with one attached hydrogen (secondary N) is 1. The summed E-state index contributed by atoms with van der Waals surface area (Å²) >= 11 is 1.65. The summed E-state index contributed by atoms with van der Waals surface area (Å²) in [7, 11) is 3.24. The van der Waals surface area contributed by atoms with Crippen LogP contribution >= 0.6 is 11.8 Å². The summed E-state index contributed by atoms with van der Waals surface area (Å²) in [5, 5.41) is 2.78. The Bertz CT molecular complexity index is 791. The summed E-state index contributed by atoms with van der Waals surface area (Å²) in [5.41, 5.74) is 3.18. The molecule has 0 aromatic heterocycles. The summed E-state index contributed by atoms with van der Waals surface area (Å²) in [6.07, 6.45) is 0.393. The highest BCUT2D eigenvalue weighted by Gasteiger charge is 2.13. The second kappa shape index (κ2) is 10.0. The molecule has 0 heterocycles. The molecule has 2 aromatic rings. The zero-order valence-electron chi connectivity index (χ0n) is 16.2. The summed E-state index contributed by atoms with van der Waals surface area (Å²) < 4.78 is 5.08. The highest BCUT2D eigenvalue weighted by molar-refractivity contribution is 7.99. The third-order valence-corrected chi connectivity index (χ3v) is 5.24. The molecule has 0 spiro atoms. The molecule has 1 N–H and O–H groups in total. The highest BCUT2D eigenvalue weighted by Crippen LogP contribution is 2.22. The number of carbonyl (C=O) groups excluding carboxylic acids is 2. The molecule has 0 aliphatic rings. The second-order valence-corrected chi connectivity index (χ2v) is 7.54. The largest absolute Gasteiger partial charge is 0.497 e. The zero-order chi connectivity index (χ0) is 19.8. The molecule has 0 bridgehead atoms. The first kappa shape index (κ1) is 20.8. The number of anilines is 1. The lowest BCUT2D eigenvalue weighted by Gasteiger charge is -2.17. The summed E-state index contributed by atoms with van der Waals surface area (Å²) in [6, 6.07) is 13.4. The van der Waals surface area contributed by atoms with Gasteiger partial charge in [0.2, 0.25) is 11.8 Å². The highest BCUT2D eigenvalue weighted by atomic mass is 32.2. The molecular weight excluding hydrogens is 360 g/mol. The van der Waals surface area contributed by atoms with E-state index in [0.717, 1.165) is 10.6 Å². The van der Waals surface area contributed by atoms with E-state index in [1.165, 1.54) is 16.0 Å². The molecule has 2 aromatic carbocycles. The van der Waals surface area contributed by atoms with E-state index in [4.69, 9.17) is 4.74 Å². The van der Waals surface area contributed by atoms with E-state index in [-0.39, 0.29) is 18.4 Å². The predicted octanol–water partition coefficient (Wildman–Crippen LogP) is 3.89. The van der Waals surface area contributed by atoms with Gasteiger partial charge in [-0.15, -0.1) is 11.8 Å². The van der Waals surface area contributed by atoms with Gasteiger partial charge in [-0.05, 0) is 61.4 Å². The van der Waals surface area contributed by atoms with Crippen LogP contribution in [0.25, 0.3) is 0 Å². The lowest BCUT2D eigenvalue weighted by atomic mass is 10.1. The van der Waals surface area contributed by atoms with Crippen LogP contribution in [0.5, 0.6) is 5.75 Å². The van der Waals surface area contributed by atoms with Crippen molar-refractivity contribution in [1.82, 2.24) is 4.90 Å². The normalized spacial score (nSPS) is 10.4. The minimum atomic E-state index is -0.224. The number of methoxy groups -OCH3 is 1. The number of thioether (sulfide) groups is 1. The Morgan fingerprint density at radius 2 is 1.78 bits per heavy atom. The molecule has 27 heavy (non-hydrogen) atoms. The van der Waals surface area contributed by atoms with Crippen LogP contribution in [0.15, 0.2) is 47.4 Å². The van der Waals surface area contributed by atoms with Gasteiger partial charge in [0.15, 0.2) is 0 Å². The van der Waals surface area contributed by atoms with E-state index in [1.807, 2.05) is 0 Å². The number of benzene rings is 2. The van der Waals surface area contributed by atoms with Crippen LogP contribution in [0, 0.1) is 13.8 Å². The van der Waals surface area contributed by atoms with Crippen LogP contribution in [0.3, 0.4) is 0 Å². The molecule has 144 valence electrons. The first-order chi connectivity index (χ1) is 12.9.